The number of hydrogen-bond acceptors (Lipinski definition) is 0. The minimum absolute atomic E-state index is 0.711. The Morgan fingerprint density at radius 1 is 0.781 bits per heavy atom. The lowest BCUT2D eigenvalue weighted by molar-refractivity contribution is 0.154. The quantitative estimate of drug-likeness (QED) is 0.367. The molecule has 0 amide bonds. The molecule has 2 fully saturated rings. The first kappa shape index (κ1) is 23.3. The van der Waals surface area contributed by atoms with Gasteiger partial charge in [0.1, 0.15) is 0 Å². The van der Waals surface area contributed by atoms with E-state index in [2.05, 4.69) is 80.6 Å². The van der Waals surface area contributed by atoms with E-state index in [1.54, 1.807) is 5.56 Å². The summed E-state index contributed by atoms with van der Waals surface area (Å²) in [6.07, 6.45) is 19.8. The Kier molecular flexibility index (Phi) is 8.66. The maximum atomic E-state index is 2.43. The van der Waals surface area contributed by atoms with Crippen molar-refractivity contribution in [2.75, 3.05) is 0 Å². The monoisotopic (exact) mass is 428 g/mol. The van der Waals surface area contributed by atoms with Crippen molar-refractivity contribution in [3.8, 4) is 0 Å². The molecule has 0 heterocycles. The highest BCUT2D eigenvalue weighted by Crippen LogP contribution is 2.45. The second kappa shape index (κ2) is 11.9. The van der Waals surface area contributed by atoms with Crippen molar-refractivity contribution < 1.29 is 0 Å². The third-order valence-electron chi connectivity index (χ3n) is 8.67. The predicted molar refractivity (Wildman–Crippen MR) is 139 cm³/mol. The van der Waals surface area contributed by atoms with E-state index in [4.69, 9.17) is 0 Å². The summed E-state index contributed by atoms with van der Waals surface area (Å²) in [7, 11) is 0. The first-order valence-electron chi connectivity index (χ1n) is 13.5. The van der Waals surface area contributed by atoms with Gasteiger partial charge in [0.2, 0.25) is 0 Å². The predicted octanol–water partition coefficient (Wildman–Crippen LogP) is 9.47. The summed E-state index contributed by atoms with van der Waals surface area (Å²) < 4.78 is 0. The molecule has 0 nitrogen and oxygen atoms in total. The molecule has 0 spiro atoms. The molecule has 0 unspecified atom stereocenters. The molecule has 2 aliphatic carbocycles. The molecule has 0 heteroatoms. The molecule has 0 bridgehead atoms. The first-order chi connectivity index (χ1) is 15.7. The van der Waals surface area contributed by atoms with E-state index in [9.17, 15) is 0 Å². The van der Waals surface area contributed by atoms with Crippen molar-refractivity contribution in [1.82, 2.24) is 0 Å². The van der Waals surface area contributed by atoms with Crippen LogP contribution in [0.4, 0.5) is 0 Å². The number of benzene rings is 2. The average molecular weight is 429 g/mol. The van der Waals surface area contributed by atoms with Crippen LogP contribution < -0.4 is 0 Å². The van der Waals surface area contributed by atoms with Gasteiger partial charge in [-0.1, -0.05) is 86.5 Å². The molecule has 2 aliphatic rings. The SMILES string of the molecule is C/C=C/CCc1ccc(C2CCC(C3CCC(C[C@@H](C)c4ccccc4)CC3)CC2)cc1. The zero-order valence-electron chi connectivity index (χ0n) is 20.5. The van der Waals surface area contributed by atoms with Crippen LogP contribution in [0.5, 0.6) is 0 Å². The zero-order chi connectivity index (χ0) is 22.2. The summed E-state index contributed by atoms with van der Waals surface area (Å²) >= 11 is 0. The maximum absolute atomic E-state index is 2.43. The van der Waals surface area contributed by atoms with Gasteiger partial charge in [0, 0.05) is 0 Å². The molecule has 0 N–H and O–H groups in total. The van der Waals surface area contributed by atoms with E-state index in [0.717, 1.165) is 30.1 Å². The number of aryl methyl sites for hydroxylation is 1. The minimum Gasteiger partial charge on any atom is -0.0917 e. The van der Waals surface area contributed by atoms with Crippen molar-refractivity contribution in [2.24, 2.45) is 17.8 Å². The van der Waals surface area contributed by atoms with Crippen molar-refractivity contribution in [2.45, 2.75) is 96.3 Å². The molecule has 0 aliphatic heterocycles. The highest BCUT2D eigenvalue weighted by atomic mass is 14.4. The molecule has 2 saturated carbocycles. The van der Waals surface area contributed by atoms with Gasteiger partial charge in [0.05, 0.1) is 0 Å². The Morgan fingerprint density at radius 2 is 1.41 bits per heavy atom. The fraction of sp³-hybridized carbons (Fsp3) is 0.562. The molecular formula is C32H44. The molecule has 0 radical (unpaired) electrons. The van der Waals surface area contributed by atoms with E-state index in [0.29, 0.717) is 5.92 Å². The van der Waals surface area contributed by atoms with Gasteiger partial charge in [-0.25, -0.2) is 0 Å². The van der Waals surface area contributed by atoms with Crippen LogP contribution in [0.3, 0.4) is 0 Å². The fourth-order valence-corrected chi connectivity index (χ4v) is 6.61. The third-order valence-corrected chi connectivity index (χ3v) is 8.67. The molecule has 1 atom stereocenters. The van der Waals surface area contributed by atoms with Crippen LogP contribution in [0.25, 0.3) is 0 Å². The molecule has 4 rings (SSSR count). The summed E-state index contributed by atoms with van der Waals surface area (Å²) in [5, 5.41) is 0. The molecule has 32 heavy (non-hydrogen) atoms. The smallest absolute Gasteiger partial charge is 0.0162 e. The molecule has 172 valence electrons. The number of hydrogen-bond donors (Lipinski definition) is 0. The van der Waals surface area contributed by atoms with Gasteiger partial charge in [-0.2, -0.15) is 0 Å². The van der Waals surface area contributed by atoms with E-state index >= 15 is 0 Å². The fourth-order valence-electron chi connectivity index (χ4n) is 6.61. The Balaban J connectivity index is 1.19. The standard InChI is InChI=1S/C32H44/c1-3-4-6-9-26-12-16-29(17-13-26)31-20-22-32(23-21-31)30-18-14-27(15-19-30)24-25(2)28-10-7-5-8-11-28/h3-5,7-8,10-13,16-17,25,27,30-32H,6,9,14-15,18-24H2,1-2H3/b4-3+/t25-,27?,30?,31?,32?/m1/s1. The van der Waals surface area contributed by atoms with Gasteiger partial charge in [0.15, 0.2) is 0 Å². The largest absolute Gasteiger partial charge is 0.0917 e. The van der Waals surface area contributed by atoms with Crippen molar-refractivity contribution in [3.05, 3.63) is 83.4 Å². The van der Waals surface area contributed by atoms with Gasteiger partial charge in [-0.3, -0.25) is 0 Å². The third kappa shape index (κ3) is 6.37. The summed E-state index contributed by atoms with van der Waals surface area (Å²) in [5.74, 6) is 4.47. The Bertz CT molecular complexity index is 799. The lowest BCUT2D eigenvalue weighted by Gasteiger charge is -2.38. The van der Waals surface area contributed by atoms with Crippen LogP contribution in [-0.4, -0.2) is 0 Å². The molecule has 2 aromatic rings. The molecule has 2 aromatic carbocycles. The zero-order valence-corrected chi connectivity index (χ0v) is 20.5. The molecular weight excluding hydrogens is 384 g/mol. The summed E-state index contributed by atoms with van der Waals surface area (Å²) in [5.41, 5.74) is 4.61. The first-order valence-corrected chi connectivity index (χ1v) is 13.5. The number of rotatable bonds is 8. The Morgan fingerprint density at radius 3 is 2.03 bits per heavy atom. The highest BCUT2D eigenvalue weighted by Gasteiger charge is 2.31. The van der Waals surface area contributed by atoms with Crippen LogP contribution in [0.2, 0.25) is 0 Å². The summed E-state index contributed by atoms with van der Waals surface area (Å²) in [4.78, 5) is 0. The lowest BCUT2D eigenvalue weighted by atomic mass is 9.67. The highest BCUT2D eigenvalue weighted by molar-refractivity contribution is 5.26. The topological polar surface area (TPSA) is 0 Å². The van der Waals surface area contributed by atoms with Crippen LogP contribution in [0.1, 0.15) is 107 Å². The van der Waals surface area contributed by atoms with Crippen LogP contribution in [0, 0.1) is 17.8 Å². The van der Waals surface area contributed by atoms with Gasteiger partial charge >= 0.3 is 0 Å². The summed E-state index contributed by atoms with van der Waals surface area (Å²) in [6, 6.07) is 20.8. The van der Waals surface area contributed by atoms with Crippen molar-refractivity contribution in [3.63, 3.8) is 0 Å². The van der Waals surface area contributed by atoms with Crippen molar-refractivity contribution >= 4 is 0 Å². The van der Waals surface area contributed by atoms with E-state index in [1.807, 2.05) is 0 Å². The molecule has 0 aromatic heterocycles. The number of allylic oxidation sites excluding steroid dienone is 2. The lowest BCUT2D eigenvalue weighted by Crippen LogP contribution is -2.25. The van der Waals surface area contributed by atoms with E-state index in [1.165, 1.54) is 75.3 Å². The van der Waals surface area contributed by atoms with E-state index < -0.39 is 0 Å². The van der Waals surface area contributed by atoms with Gasteiger partial charge in [-0.15, -0.1) is 0 Å². The summed E-state index contributed by atoms with van der Waals surface area (Å²) in [6.45, 7) is 4.54. The second-order valence-electron chi connectivity index (χ2n) is 10.8. The Labute approximate surface area is 197 Å². The molecule has 0 saturated heterocycles. The normalized spacial score (nSPS) is 27.4. The van der Waals surface area contributed by atoms with Crippen LogP contribution in [0.15, 0.2) is 66.7 Å². The van der Waals surface area contributed by atoms with Crippen molar-refractivity contribution in [1.29, 1.82) is 0 Å². The van der Waals surface area contributed by atoms with Gasteiger partial charge < -0.3 is 0 Å². The van der Waals surface area contributed by atoms with E-state index in [-0.39, 0.29) is 0 Å². The van der Waals surface area contributed by atoms with Gasteiger partial charge in [0.25, 0.3) is 0 Å². The van der Waals surface area contributed by atoms with Crippen LogP contribution >= 0.6 is 0 Å². The maximum Gasteiger partial charge on any atom is -0.0162 e. The average Bonchev–Trinajstić information content (AvgIpc) is 2.86. The van der Waals surface area contributed by atoms with Gasteiger partial charge in [-0.05, 0) is 111 Å². The minimum atomic E-state index is 0.711. The second-order valence-corrected chi connectivity index (χ2v) is 10.8. The Hall–Kier alpha value is -1.82. The van der Waals surface area contributed by atoms with Crippen LogP contribution in [-0.2, 0) is 6.42 Å².